The van der Waals surface area contributed by atoms with Crippen molar-refractivity contribution >= 4 is 23.7 Å². The van der Waals surface area contributed by atoms with Gasteiger partial charge in [-0.25, -0.2) is 0 Å². The van der Waals surface area contributed by atoms with E-state index in [2.05, 4.69) is 0 Å². The monoisotopic (exact) mass is 273 g/mol. The Balaban J connectivity index is 5.83. The van der Waals surface area contributed by atoms with Gasteiger partial charge in [0.05, 0.1) is 17.9 Å². The van der Waals surface area contributed by atoms with Gasteiger partial charge in [-0.2, -0.15) is 0 Å². The first-order valence-corrected chi connectivity index (χ1v) is 5.23. The number of Topliss-reactive ketones (excluding diaryl/α,β-unsaturated/α-hetero) is 1. The van der Waals surface area contributed by atoms with Crippen LogP contribution in [-0.4, -0.2) is 34.4 Å². The number of carbonyl (C=O) groups is 4. The Bertz CT molecular complexity index is 419. The smallest absolute Gasteiger partial charge is 0.150 e. The van der Waals surface area contributed by atoms with E-state index < -0.39 is 47.0 Å². The summed E-state index contributed by atoms with van der Waals surface area (Å²) < 4.78 is 0. The van der Waals surface area contributed by atoms with Gasteiger partial charge in [-0.15, -0.1) is 0 Å². The minimum Gasteiger partial charge on any atom is -0.550 e. The van der Waals surface area contributed by atoms with E-state index in [-0.39, 0.29) is 0 Å². The molecule has 0 rings (SSSR count). The Morgan fingerprint density at radius 2 is 1.47 bits per heavy atom. The minimum absolute atomic E-state index is 1.19. The number of carboxylic acid groups (broad SMARTS) is 3. The van der Waals surface area contributed by atoms with Crippen LogP contribution in [0.1, 0.15) is 27.2 Å². The zero-order valence-electron chi connectivity index (χ0n) is 10.6. The number of carboxylic acids is 3. The van der Waals surface area contributed by atoms with E-state index in [9.17, 15) is 39.6 Å². The molecule has 8 heteroatoms. The number of hydrogen-bond acceptors (Lipinski definition) is 8. The summed E-state index contributed by atoms with van der Waals surface area (Å²) in [5.74, 6) is -10.4. The summed E-state index contributed by atoms with van der Waals surface area (Å²) in [6, 6.07) is 0. The lowest BCUT2D eigenvalue weighted by molar-refractivity contribution is -0.345. The molecule has 0 saturated heterocycles. The predicted octanol–water partition coefficient (Wildman–Crippen LogP) is -4.41. The van der Waals surface area contributed by atoms with Crippen molar-refractivity contribution in [3.05, 3.63) is 0 Å². The molecule has 0 radical (unpaired) electrons. The fraction of sp³-hybridized carbons (Fsp3) is 0.636. The van der Waals surface area contributed by atoms with E-state index in [4.69, 9.17) is 0 Å². The van der Waals surface area contributed by atoms with Crippen LogP contribution in [0.4, 0.5) is 0 Å². The zero-order chi connectivity index (χ0) is 15.6. The summed E-state index contributed by atoms with van der Waals surface area (Å²) in [5.41, 5.74) is -4.76. The lowest BCUT2D eigenvalue weighted by Crippen LogP contribution is -2.63. The zero-order valence-corrected chi connectivity index (χ0v) is 10.6. The molecule has 0 amide bonds. The summed E-state index contributed by atoms with van der Waals surface area (Å²) in [4.78, 5) is 44.0. The molecule has 2 unspecified atom stereocenters. The molecule has 0 aromatic heterocycles. The van der Waals surface area contributed by atoms with E-state index in [1.807, 2.05) is 0 Å². The van der Waals surface area contributed by atoms with Gasteiger partial charge in [0.1, 0.15) is 11.4 Å². The van der Waals surface area contributed by atoms with Crippen molar-refractivity contribution in [1.82, 2.24) is 0 Å². The fourth-order valence-corrected chi connectivity index (χ4v) is 1.46. The second-order valence-electron chi connectivity index (χ2n) is 5.13. The van der Waals surface area contributed by atoms with Gasteiger partial charge in [0, 0.05) is 17.8 Å². The highest BCUT2D eigenvalue weighted by atomic mass is 16.4. The van der Waals surface area contributed by atoms with Crippen LogP contribution in [-0.2, 0) is 19.2 Å². The van der Waals surface area contributed by atoms with Crippen LogP contribution in [0, 0.1) is 11.3 Å². The molecule has 0 aliphatic rings. The van der Waals surface area contributed by atoms with Crippen LogP contribution >= 0.6 is 0 Å². The lowest BCUT2D eigenvalue weighted by atomic mass is 9.73. The molecule has 1 N–H and O–H groups in total. The van der Waals surface area contributed by atoms with Crippen molar-refractivity contribution in [2.45, 2.75) is 32.8 Å². The van der Waals surface area contributed by atoms with Crippen molar-refractivity contribution < 1.29 is 39.6 Å². The molecule has 0 aliphatic heterocycles. The number of rotatable bonds is 6. The van der Waals surface area contributed by atoms with E-state index in [0.29, 0.717) is 0 Å². The first-order chi connectivity index (χ1) is 8.34. The number of ketones is 1. The highest BCUT2D eigenvalue weighted by molar-refractivity contribution is 6.06. The SMILES string of the molecule is CC(C)(C)C(=O)C(C(=O)[O-])C(O)(CC(=O)[O-])C(=O)[O-]. The average Bonchev–Trinajstić information content (AvgIpc) is 2.13. The Morgan fingerprint density at radius 1 is 1.05 bits per heavy atom. The third-order valence-corrected chi connectivity index (χ3v) is 2.48. The summed E-state index contributed by atoms with van der Waals surface area (Å²) in [5, 5.41) is 41.9. The van der Waals surface area contributed by atoms with E-state index >= 15 is 0 Å². The molecule has 108 valence electrons. The molecule has 0 saturated carbocycles. The molecule has 8 nitrogen and oxygen atoms in total. The number of hydrogen-bond donors (Lipinski definition) is 1. The largest absolute Gasteiger partial charge is 0.550 e. The van der Waals surface area contributed by atoms with Crippen molar-refractivity contribution in [2.75, 3.05) is 0 Å². The summed E-state index contributed by atoms with van der Waals surface area (Å²) in [6.45, 7) is 3.83. The fourth-order valence-electron chi connectivity index (χ4n) is 1.46. The molecular weight excluding hydrogens is 260 g/mol. The molecule has 0 heterocycles. The summed E-state index contributed by atoms with van der Waals surface area (Å²) >= 11 is 0. The minimum atomic E-state index is -3.43. The van der Waals surface area contributed by atoms with Crippen LogP contribution in [0.3, 0.4) is 0 Å². The van der Waals surface area contributed by atoms with Crippen LogP contribution in [0.2, 0.25) is 0 Å². The van der Waals surface area contributed by atoms with E-state index in [0.717, 1.165) is 0 Å². The Hall–Kier alpha value is -1.96. The first kappa shape index (κ1) is 17.0. The van der Waals surface area contributed by atoms with E-state index in [1.54, 1.807) is 0 Å². The van der Waals surface area contributed by atoms with Crippen molar-refractivity contribution in [3.8, 4) is 0 Å². The van der Waals surface area contributed by atoms with Crippen LogP contribution in [0.25, 0.3) is 0 Å². The number of aliphatic carboxylic acids is 3. The maximum Gasteiger partial charge on any atom is 0.150 e. The maximum atomic E-state index is 11.9. The van der Waals surface area contributed by atoms with Crippen molar-refractivity contribution in [3.63, 3.8) is 0 Å². The highest BCUT2D eigenvalue weighted by Gasteiger charge is 2.47. The van der Waals surface area contributed by atoms with Gasteiger partial charge < -0.3 is 34.8 Å². The van der Waals surface area contributed by atoms with Gasteiger partial charge in [-0.1, -0.05) is 20.8 Å². The second-order valence-corrected chi connectivity index (χ2v) is 5.13. The Morgan fingerprint density at radius 3 is 1.68 bits per heavy atom. The van der Waals surface area contributed by atoms with Gasteiger partial charge in [0.15, 0.2) is 0 Å². The molecule has 0 aromatic rings. The third kappa shape index (κ3) is 3.75. The van der Waals surface area contributed by atoms with Gasteiger partial charge in [-0.05, 0) is 0 Å². The second kappa shape index (κ2) is 5.35. The van der Waals surface area contributed by atoms with Crippen molar-refractivity contribution in [2.24, 2.45) is 11.3 Å². The molecule has 0 bridgehead atoms. The number of carbonyl (C=O) groups excluding carboxylic acids is 4. The van der Waals surface area contributed by atoms with Crippen LogP contribution in [0.5, 0.6) is 0 Å². The normalized spacial score (nSPS) is 16.2. The van der Waals surface area contributed by atoms with Gasteiger partial charge in [0.25, 0.3) is 0 Å². The molecule has 0 spiro atoms. The molecular formula is C11H13O8-3. The lowest BCUT2D eigenvalue weighted by Gasteiger charge is -2.39. The molecule has 0 aromatic carbocycles. The number of aliphatic hydroxyl groups is 1. The Labute approximate surface area is 108 Å². The molecule has 2 atom stereocenters. The van der Waals surface area contributed by atoms with Crippen LogP contribution < -0.4 is 15.3 Å². The van der Waals surface area contributed by atoms with Gasteiger partial charge in [0.2, 0.25) is 0 Å². The highest BCUT2D eigenvalue weighted by Crippen LogP contribution is 2.29. The summed E-state index contributed by atoms with van der Waals surface area (Å²) in [7, 11) is 0. The van der Waals surface area contributed by atoms with Crippen LogP contribution in [0.15, 0.2) is 0 Å². The third-order valence-electron chi connectivity index (χ3n) is 2.48. The summed E-state index contributed by atoms with van der Waals surface area (Å²) in [6.07, 6.45) is -1.60. The average molecular weight is 273 g/mol. The molecule has 0 fully saturated rings. The maximum absolute atomic E-state index is 11.9. The topological polar surface area (TPSA) is 158 Å². The molecule has 0 aliphatic carbocycles. The quantitative estimate of drug-likeness (QED) is 0.475. The van der Waals surface area contributed by atoms with Crippen molar-refractivity contribution in [1.29, 1.82) is 0 Å². The standard InChI is InChI=1S/C11H16O8/c1-10(2,3)7(14)6(8(15)16)11(19,9(17)18)4-5(12)13/h6,19H,4H2,1-3H3,(H,12,13)(H,15,16)(H,17,18)/p-3. The first-order valence-electron chi connectivity index (χ1n) is 5.23. The predicted molar refractivity (Wildman–Crippen MR) is 52.5 cm³/mol. The van der Waals surface area contributed by atoms with Gasteiger partial charge in [-0.3, -0.25) is 4.79 Å². The van der Waals surface area contributed by atoms with Gasteiger partial charge >= 0.3 is 0 Å². The van der Waals surface area contributed by atoms with E-state index in [1.165, 1.54) is 20.8 Å². The Kier molecular flexibility index (Phi) is 4.80. The molecule has 19 heavy (non-hydrogen) atoms.